The van der Waals surface area contributed by atoms with E-state index in [9.17, 15) is 0 Å². The van der Waals surface area contributed by atoms with Crippen molar-refractivity contribution < 1.29 is 0 Å². The fourth-order valence-electron chi connectivity index (χ4n) is 3.17. The second-order valence-electron chi connectivity index (χ2n) is 6.13. The van der Waals surface area contributed by atoms with Gasteiger partial charge >= 0.3 is 0 Å². The molecule has 1 aliphatic rings. The summed E-state index contributed by atoms with van der Waals surface area (Å²) >= 11 is 0. The topological polar surface area (TPSA) is 15.3 Å². The highest BCUT2D eigenvalue weighted by atomic mass is 15.1. The number of aryl methyl sites for hydroxylation is 2. The van der Waals surface area contributed by atoms with Gasteiger partial charge in [0.2, 0.25) is 0 Å². The molecule has 2 nitrogen and oxygen atoms in total. The third-order valence-electron chi connectivity index (χ3n) is 4.43. The molecule has 1 aliphatic heterocycles. The summed E-state index contributed by atoms with van der Waals surface area (Å²) in [4.78, 5) is 2.48. The molecule has 0 saturated carbocycles. The first kappa shape index (κ1) is 14.2. The molecule has 0 fully saturated rings. The van der Waals surface area contributed by atoms with Crippen LogP contribution in [0.4, 0.5) is 5.69 Å². The molecule has 2 heteroatoms. The molecule has 110 valence electrons. The first-order valence-corrected chi connectivity index (χ1v) is 7.80. The van der Waals surface area contributed by atoms with Gasteiger partial charge < -0.3 is 5.32 Å². The van der Waals surface area contributed by atoms with E-state index in [2.05, 4.69) is 72.7 Å². The van der Waals surface area contributed by atoms with Crippen molar-refractivity contribution in [1.82, 2.24) is 4.90 Å². The van der Waals surface area contributed by atoms with Crippen molar-refractivity contribution in [3.63, 3.8) is 0 Å². The quantitative estimate of drug-likeness (QED) is 0.918. The standard InChI is InChI=1S/C19H24N2/c1-15-6-5-7-16(12-15)14-21(2)18-11-10-17-8-3-4-9-19(17)20-13-18/h3-9,12,18,20H,10-11,13-14H2,1-2H3. The smallest absolute Gasteiger partial charge is 0.0373 e. The number of fused-ring (bicyclic) bond motifs is 1. The van der Waals surface area contributed by atoms with E-state index >= 15 is 0 Å². The molecular formula is C19H24N2. The number of anilines is 1. The fraction of sp³-hybridized carbons (Fsp3) is 0.368. The van der Waals surface area contributed by atoms with Crippen LogP contribution in [0.25, 0.3) is 0 Å². The van der Waals surface area contributed by atoms with Gasteiger partial charge in [0.25, 0.3) is 0 Å². The molecule has 3 rings (SSSR count). The number of nitrogens with one attached hydrogen (secondary N) is 1. The zero-order chi connectivity index (χ0) is 14.7. The van der Waals surface area contributed by atoms with Gasteiger partial charge in [-0.1, -0.05) is 48.0 Å². The van der Waals surface area contributed by atoms with Crippen molar-refractivity contribution >= 4 is 5.69 Å². The molecular weight excluding hydrogens is 256 g/mol. The molecule has 0 saturated heterocycles. The number of nitrogens with zero attached hydrogens (tertiary/aromatic N) is 1. The lowest BCUT2D eigenvalue weighted by molar-refractivity contribution is 0.233. The first-order valence-electron chi connectivity index (χ1n) is 7.80. The van der Waals surface area contributed by atoms with E-state index in [0.29, 0.717) is 6.04 Å². The number of rotatable bonds is 3. The van der Waals surface area contributed by atoms with Gasteiger partial charge in [-0.3, -0.25) is 4.90 Å². The first-order chi connectivity index (χ1) is 10.2. The van der Waals surface area contributed by atoms with E-state index in [0.717, 1.165) is 19.5 Å². The highest BCUT2D eigenvalue weighted by Gasteiger charge is 2.19. The van der Waals surface area contributed by atoms with Crippen LogP contribution in [0.2, 0.25) is 0 Å². The van der Waals surface area contributed by atoms with Crippen molar-refractivity contribution in [2.45, 2.75) is 32.4 Å². The van der Waals surface area contributed by atoms with Crippen LogP contribution in [0, 0.1) is 6.92 Å². The van der Waals surface area contributed by atoms with Crippen LogP contribution in [-0.2, 0) is 13.0 Å². The third-order valence-corrected chi connectivity index (χ3v) is 4.43. The Kier molecular flexibility index (Phi) is 4.26. The monoisotopic (exact) mass is 280 g/mol. The average Bonchev–Trinajstić information content (AvgIpc) is 2.70. The lowest BCUT2D eigenvalue weighted by atomic mass is 10.0. The van der Waals surface area contributed by atoms with E-state index < -0.39 is 0 Å². The second-order valence-corrected chi connectivity index (χ2v) is 6.13. The Bertz CT molecular complexity index is 579. The summed E-state index contributed by atoms with van der Waals surface area (Å²) in [5, 5.41) is 3.61. The van der Waals surface area contributed by atoms with Gasteiger partial charge in [0, 0.05) is 24.8 Å². The van der Waals surface area contributed by atoms with Crippen molar-refractivity contribution in [3.05, 3.63) is 65.2 Å². The maximum Gasteiger partial charge on any atom is 0.0373 e. The average molecular weight is 280 g/mol. The molecule has 0 amide bonds. The Hall–Kier alpha value is -1.80. The second kappa shape index (κ2) is 6.31. The summed E-state index contributed by atoms with van der Waals surface area (Å²) in [6, 6.07) is 18.1. The lowest BCUT2D eigenvalue weighted by Gasteiger charge is -2.27. The zero-order valence-electron chi connectivity index (χ0n) is 13.0. The van der Waals surface area contributed by atoms with Crippen LogP contribution in [0.3, 0.4) is 0 Å². The summed E-state index contributed by atoms with van der Waals surface area (Å²) in [7, 11) is 2.24. The van der Waals surface area contributed by atoms with E-state index in [1.165, 1.54) is 28.8 Å². The maximum absolute atomic E-state index is 3.61. The fourth-order valence-corrected chi connectivity index (χ4v) is 3.17. The van der Waals surface area contributed by atoms with Crippen LogP contribution < -0.4 is 5.32 Å². The van der Waals surface area contributed by atoms with Crippen LogP contribution >= 0.6 is 0 Å². The maximum atomic E-state index is 3.61. The van der Waals surface area contributed by atoms with E-state index in [1.807, 2.05) is 0 Å². The molecule has 0 bridgehead atoms. The number of likely N-dealkylation sites (N-methyl/N-ethyl adjacent to an activating group) is 1. The molecule has 1 unspecified atom stereocenters. The number of hydrogen-bond acceptors (Lipinski definition) is 2. The molecule has 1 heterocycles. The zero-order valence-corrected chi connectivity index (χ0v) is 13.0. The van der Waals surface area contributed by atoms with Gasteiger partial charge in [-0.25, -0.2) is 0 Å². The molecule has 21 heavy (non-hydrogen) atoms. The Morgan fingerprint density at radius 2 is 2.00 bits per heavy atom. The van der Waals surface area contributed by atoms with Crippen molar-refractivity contribution in [3.8, 4) is 0 Å². The number of hydrogen-bond donors (Lipinski definition) is 1. The van der Waals surface area contributed by atoms with Gasteiger partial charge in [-0.05, 0) is 44.0 Å². The van der Waals surface area contributed by atoms with Crippen molar-refractivity contribution in [2.75, 3.05) is 18.9 Å². The SMILES string of the molecule is Cc1cccc(CN(C)C2CCc3ccccc3NC2)c1. The summed E-state index contributed by atoms with van der Waals surface area (Å²) in [6.45, 7) is 4.21. The summed E-state index contributed by atoms with van der Waals surface area (Å²) in [5.41, 5.74) is 5.50. The van der Waals surface area contributed by atoms with Crippen molar-refractivity contribution in [1.29, 1.82) is 0 Å². The highest BCUT2D eigenvalue weighted by Crippen LogP contribution is 2.23. The summed E-state index contributed by atoms with van der Waals surface area (Å²) < 4.78 is 0. The Balaban J connectivity index is 1.65. The molecule has 1 atom stereocenters. The molecule has 0 aliphatic carbocycles. The molecule has 2 aromatic rings. The minimum atomic E-state index is 0.581. The normalized spacial score (nSPS) is 18.0. The van der Waals surface area contributed by atoms with E-state index in [-0.39, 0.29) is 0 Å². The Labute approximate surface area is 127 Å². The minimum absolute atomic E-state index is 0.581. The van der Waals surface area contributed by atoms with E-state index in [4.69, 9.17) is 0 Å². The molecule has 1 N–H and O–H groups in total. The molecule has 2 aromatic carbocycles. The Morgan fingerprint density at radius 3 is 2.86 bits per heavy atom. The van der Waals surface area contributed by atoms with Crippen molar-refractivity contribution in [2.24, 2.45) is 0 Å². The molecule has 0 aromatic heterocycles. The van der Waals surface area contributed by atoms with Gasteiger partial charge in [0.1, 0.15) is 0 Å². The van der Waals surface area contributed by atoms with Gasteiger partial charge in [-0.2, -0.15) is 0 Å². The van der Waals surface area contributed by atoms with Crippen LogP contribution in [-0.4, -0.2) is 24.5 Å². The predicted molar refractivity (Wildman–Crippen MR) is 89.7 cm³/mol. The number of para-hydroxylation sites is 1. The highest BCUT2D eigenvalue weighted by molar-refractivity contribution is 5.52. The van der Waals surface area contributed by atoms with Crippen LogP contribution in [0.5, 0.6) is 0 Å². The van der Waals surface area contributed by atoms with Crippen LogP contribution in [0.1, 0.15) is 23.1 Å². The van der Waals surface area contributed by atoms with Gasteiger partial charge in [0.15, 0.2) is 0 Å². The molecule has 0 radical (unpaired) electrons. The summed E-state index contributed by atoms with van der Waals surface area (Å²) in [6.07, 6.45) is 2.37. The largest absolute Gasteiger partial charge is 0.383 e. The van der Waals surface area contributed by atoms with Crippen LogP contribution in [0.15, 0.2) is 48.5 Å². The number of benzene rings is 2. The van der Waals surface area contributed by atoms with Gasteiger partial charge in [0.05, 0.1) is 0 Å². The molecule has 0 spiro atoms. The predicted octanol–water partition coefficient (Wildman–Crippen LogP) is 3.85. The third kappa shape index (κ3) is 3.45. The Morgan fingerprint density at radius 1 is 1.14 bits per heavy atom. The summed E-state index contributed by atoms with van der Waals surface area (Å²) in [5.74, 6) is 0. The van der Waals surface area contributed by atoms with Gasteiger partial charge in [-0.15, -0.1) is 0 Å². The lowest BCUT2D eigenvalue weighted by Crippen LogP contribution is -2.36. The van der Waals surface area contributed by atoms with E-state index in [1.54, 1.807) is 0 Å². The minimum Gasteiger partial charge on any atom is -0.383 e.